The zero-order valence-corrected chi connectivity index (χ0v) is 15.6. The first-order chi connectivity index (χ1) is 7.00. The molecule has 0 N–H and O–H groups in total. The Hall–Kier alpha value is 1.05. The van der Waals surface area contributed by atoms with E-state index in [1.165, 1.54) is 89.9 Å². The van der Waals surface area contributed by atoms with Crippen molar-refractivity contribution >= 4 is 0 Å². The first-order valence-electron chi connectivity index (χ1n) is 7.00. The van der Waals surface area contributed by atoms with Crippen LogP contribution < -0.4 is 0 Å². The van der Waals surface area contributed by atoms with Gasteiger partial charge in [0.15, 0.2) is 0 Å². The van der Waals surface area contributed by atoms with Gasteiger partial charge in [-0.05, 0) is 0 Å². The van der Waals surface area contributed by atoms with Gasteiger partial charge in [0, 0.05) is 31.1 Å². The van der Waals surface area contributed by atoms with Crippen molar-refractivity contribution in [2.24, 2.45) is 0 Å². The van der Waals surface area contributed by atoms with Gasteiger partial charge in [0.05, 0.1) is 0 Å². The van der Waals surface area contributed by atoms with Crippen molar-refractivity contribution in [1.82, 2.24) is 0 Å². The molecule has 0 unspecified atom stereocenters. The normalized spacial score (nSPS) is 21.0. The minimum Gasteiger partial charge on any atom is -0.358 e. The molecule has 0 nitrogen and oxygen atoms in total. The molecule has 0 saturated heterocycles. The molecule has 0 atom stereocenters. The Kier molecular flexibility index (Phi) is 19.5. The van der Waals surface area contributed by atoms with Crippen molar-refractivity contribution in [1.29, 1.82) is 0 Å². The molecule has 0 aromatic heterocycles. The molecular formula is C15H31U-. The fraction of sp³-hybridized carbons (Fsp3) is 0.933. The Balaban J connectivity index is 0. The Morgan fingerprint density at radius 3 is 0.375 bits per heavy atom. The molecule has 0 amide bonds. The maximum Gasteiger partial charge on any atom is 0 e. The molecule has 0 spiro atoms. The molecule has 3 rings (SSSR count). The maximum absolute atomic E-state index is 1.50. The topological polar surface area (TPSA) is 0 Å². The molecule has 3 aliphatic carbocycles. The Morgan fingerprint density at radius 1 is 0.250 bits per heavy atom. The van der Waals surface area contributed by atoms with E-state index < -0.39 is 0 Å². The van der Waals surface area contributed by atoms with Crippen molar-refractivity contribution < 1.29 is 31.1 Å². The van der Waals surface area contributed by atoms with Crippen LogP contribution >= 0.6 is 0 Å². The zero-order chi connectivity index (χ0) is 9.90. The summed E-state index contributed by atoms with van der Waals surface area (Å²) in [7, 11) is 0. The zero-order valence-electron chi connectivity index (χ0n) is 11.4. The van der Waals surface area contributed by atoms with Gasteiger partial charge >= 0.3 is 0 Å². The Bertz CT molecular complexity index is 70.8. The van der Waals surface area contributed by atoms with Crippen molar-refractivity contribution in [2.75, 3.05) is 0 Å². The molecular weight excluding hydrogens is 418 g/mol. The third kappa shape index (κ3) is 13.1. The van der Waals surface area contributed by atoms with Gasteiger partial charge in [-0.15, -0.1) is 0 Å². The van der Waals surface area contributed by atoms with Crippen LogP contribution in [0.15, 0.2) is 0 Å². The number of hydrogen-bond acceptors (Lipinski definition) is 0. The summed E-state index contributed by atoms with van der Waals surface area (Å²) < 4.78 is 0. The summed E-state index contributed by atoms with van der Waals surface area (Å²) in [5.74, 6) is 0. The van der Waals surface area contributed by atoms with Crippen molar-refractivity contribution in [2.45, 2.75) is 89.9 Å². The third-order valence-electron chi connectivity index (χ3n) is 3.50. The van der Waals surface area contributed by atoms with Gasteiger partial charge < -0.3 is 7.43 Å². The van der Waals surface area contributed by atoms with Crippen LogP contribution in [0.3, 0.4) is 0 Å². The van der Waals surface area contributed by atoms with Gasteiger partial charge in [-0.3, -0.25) is 0 Å². The molecule has 0 radical (unpaired) electrons. The second-order valence-electron chi connectivity index (χ2n) is 4.95. The standard InChI is InChI=1S/2C5H10.C4H8.CH3.U/c2*1-2-4-5-3-1;1-2-4-3-1;;/h2*1-5H2;1-4H2;1H3;/q;;;-1;. The van der Waals surface area contributed by atoms with Crippen LogP contribution in [0.5, 0.6) is 0 Å². The molecule has 16 heavy (non-hydrogen) atoms. The van der Waals surface area contributed by atoms with E-state index >= 15 is 0 Å². The smallest absolute Gasteiger partial charge is 0 e. The van der Waals surface area contributed by atoms with Gasteiger partial charge in [-0.25, -0.2) is 0 Å². The van der Waals surface area contributed by atoms with Crippen LogP contribution in [-0.4, -0.2) is 0 Å². The molecule has 1 heteroatoms. The predicted molar refractivity (Wildman–Crippen MR) is 71.1 cm³/mol. The first kappa shape index (κ1) is 19.4. The predicted octanol–water partition coefficient (Wildman–Crippen LogP) is 5.91. The van der Waals surface area contributed by atoms with Crippen LogP contribution in [0, 0.1) is 38.5 Å². The Labute approximate surface area is 128 Å². The van der Waals surface area contributed by atoms with E-state index in [0.29, 0.717) is 0 Å². The van der Waals surface area contributed by atoms with E-state index in [4.69, 9.17) is 0 Å². The SMILES string of the molecule is C1CCC1.C1CCCC1.C1CCCC1.[CH3-].[U]. The number of hydrogen-bond donors (Lipinski definition) is 0. The summed E-state index contributed by atoms with van der Waals surface area (Å²) >= 11 is 0. The molecule has 96 valence electrons. The van der Waals surface area contributed by atoms with Crippen molar-refractivity contribution in [3.05, 3.63) is 7.43 Å². The van der Waals surface area contributed by atoms with Crippen LogP contribution in [0.4, 0.5) is 0 Å². The molecule has 3 saturated carbocycles. The minimum atomic E-state index is 0. The Morgan fingerprint density at radius 2 is 0.312 bits per heavy atom. The summed E-state index contributed by atoms with van der Waals surface area (Å²) in [6.07, 6.45) is 21.0. The average molecular weight is 449 g/mol. The summed E-state index contributed by atoms with van der Waals surface area (Å²) in [6, 6.07) is 0. The van der Waals surface area contributed by atoms with Gasteiger partial charge in [0.25, 0.3) is 0 Å². The van der Waals surface area contributed by atoms with Gasteiger partial charge in [-0.2, -0.15) is 0 Å². The largest absolute Gasteiger partial charge is 0.358 e. The maximum atomic E-state index is 1.50. The molecule has 0 heterocycles. The van der Waals surface area contributed by atoms with Crippen LogP contribution in [-0.2, 0) is 0 Å². The molecule has 3 fully saturated rings. The van der Waals surface area contributed by atoms with Gasteiger partial charge in [-0.1, -0.05) is 89.9 Å². The van der Waals surface area contributed by atoms with Gasteiger partial charge in [0.1, 0.15) is 0 Å². The number of rotatable bonds is 0. The molecule has 0 bridgehead atoms. The second-order valence-corrected chi connectivity index (χ2v) is 4.95. The summed E-state index contributed by atoms with van der Waals surface area (Å²) in [5.41, 5.74) is 0. The molecule has 3 aliphatic rings. The van der Waals surface area contributed by atoms with E-state index in [1.807, 2.05) is 0 Å². The van der Waals surface area contributed by atoms with Crippen LogP contribution in [0.25, 0.3) is 0 Å². The van der Waals surface area contributed by atoms with E-state index in [2.05, 4.69) is 0 Å². The summed E-state index contributed by atoms with van der Waals surface area (Å²) in [5, 5.41) is 0. The van der Waals surface area contributed by atoms with E-state index in [1.54, 1.807) is 0 Å². The molecule has 0 aliphatic heterocycles. The van der Waals surface area contributed by atoms with E-state index in [-0.39, 0.29) is 38.5 Å². The average Bonchev–Trinajstić information content (AvgIpc) is 2.81. The van der Waals surface area contributed by atoms with Gasteiger partial charge in [0.2, 0.25) is 0 Å². The first-order valence-corrected chi connectivity index (χ1v) is 7.00. The van der Waals surface area contributed by atoms with Crippen LogP contribution in [0.2, 0.25) is 0 Å². The third-order valence-corrected chi connectivity index (χ3v) is 3.50. The van der Waals surface area contributed by atoms with Crippen LogP contribution in [0.1, 0.15) is 89.9 Å². The van der Waals surface area contributed by atoms with E-state index in [0.717, 1.165) is 0 Å². The second kappa shape index (κ2) is 16.1. The quantitative estimate of drug-likeness (QED) is 0.403. The van der Waals surface area contributed by atoms with Crippen molar-refractivity contribution in [3.63, 3.8) is 0 Å². The summed E-state index contributed by atoms with van der Waals surface area (Å²) in [6.45, 7) is 0. The molecule has 0 aromatic carbocycles. The van der Waals surface area contributed by atoms with Crippen molar-refractivity contribution in [3.8, 4) is 0 Å². The monoisotopic (exact) mass is 449 g/mol. The fourth-order valence-corrected chi connectivity index (χ4v) is 2.02. The fourth-order valence-electron chi connectivity index (χ4n) is 2.02. The molecule has 0 aromatic rings. The minimum absolute atomic E-state index is 0. The van der Waals surface area contributed by atoms with E-state index in [9.17, 15) is 0 Å². The summed E-state index contributed by atoms with van der Waals surface area (Å²) in [4.78, 5) is 0.